The third-order valence-electron chi connectivity index (χ3n) is 7.46. The van der Waals surface area contributed by atoms with E-state index in [9.17, 15) is 33.3 Å². The summed E-state index contributed by atoms with van der Waals surface area (Å²) >= 11 is 6.12. The molecule has 0 aliphatic heterocycles. The average molecular weight is 638 g/mol. The molecule has 0 bridgehead atoms. The molecule has 0 saturated carbocycles. The van der Waals surface area contributed by atoms with Crippen molar-refractivity contribution in [2.24, 2.45) is 0 Å². The zero-order chi connectivity index (χ0) is 32.6. The minimum atomic E-state index is -5.16. The maximum absolute atomic E-state index is 12.9. The highest BCUT2D eigenvalue weighted by molar-refractivity contribution is 6.30. The smallest absolute Gasteiger partial charge is 0.329 e. The molecule has 9 nitrogen and oxygen atoms in total. The average Bonchev–Trinajstić information content (AvgIpc) is 3.43. The number of benzene rings is 3. The highest BCUT2D eigenvalue weighted by Crippen LogP contribution is 2.33. The van der Waals surface area contributed by atoms with Crippen LogP contribution in [-0.4, -0.2) is 31.8 Å². The molecule has 6 rings (SSSR count). The van der Waals surface area contributed by atoms with Gasteiger partial charge in [-0.25, -0.2) is 0 Å². The van der Waals surface area contributed by atoms with E-state index in [1.54, 1.807) is 72.4 Å². The molecule has 226 valence electrons. The van der Waals surface area contributed by atoms with Crippen molar-refractivity contribution in [3.8, 4) is 34.4 Å². The second-order valence-electron chi connectivity index (χ2n) is 10.3. The van der Waals surface area contributed by atoms with Gasteiger partial charge < -0.3 is 5.32 Å². The molecule has 0 radical (unpaired) electrons. The largest absolute Gasteiger partial charge is 0.471 e. The number of carbonyl (C=O) groups is 1. The lowest BCUT2D eigenvalue weighted by atomic mass is 9.94. The van der Waals surface area contributed by atoms with E-state index >= 15 is 0 Å². The Hall–Kier alpha value is -5.98. The van der Waals surface area contributed by atoms with Crippen LogP contribution >= 0.6 is 11.6 Å². The number of nitriles is 2. The number of hydrogen-bond acceptors (Lipinski definition) is 6. The minimum Gasteiger partial charge on any atom is -0.329 e. The van der Waals surface area contributed by atoms with Crippen LogP contribution in [0.3, 0.4) is 0 Å². The molecule has 6 aromatic rings. The molecule has 0 spiro atoms. The molecule has 2 unspecified atom stereocenters. The van der Waals surface area contributed by atoms with E-state index in [0.29, 0.717) is 49.0 Å². The topological polar surface area (TPSA) is 140 Å². The van der Waals surface area contributed by atoms with Gasteiger partial charge in [0.2, 0.25) is 0 Å². The molecule has 3 aromatic carbocycles. The number of nitrogens with zero attached hydrogens (tertiary/aromatic N) is 5. The van der Waals surface area contributed by atoms with Gasteiger partial charge in [-0.3, -0.25) is 29.3 Å². The number of halogens is 4. The second-order valence-corrected chi connectivity index (χ2v) is 10.7. The lowest BCUT2D eigenvalue weighted by molar-refractivity contribution is -0.174. The van der Waals surface area contributed by atoms with Crippen molar-refractivity contribution >= 4 is 39.1 Å². The van der Waals surface area contributed by atoms with Crippen molar-refractivity contribution in [3.63, 3.8) is 0 Å². The molecule has 3 heterocycles. The SMILES string of the molecule is N#CC(NC(=O)C(F)(F)F)c1cncc2ccc(-c3ccc4cncc(C(C#N)n5cc(-c6cccc(Cl)c6)c(=O)[nH]5)c4c3)cc12. The number of aromatic nitrogens is 4. The zero-order valence-electron chi connectivity index (χ0n) is 23.4. The number of H-pyrrole nitrogens is 1. The van der Waals surface area contributed by atoms with Gasteiger partial charge in [0, 0.05) is 57.9 Å². The van der Waals surface area contributed by atoms with Crippen LogP contribution in [0.5, 0.6) is 0 Å². The van der Waals surface area contributed by atoms with Gasteiger partial charge in [0.05, 0.1) is 17.7 Å². The molecule has 0 saturated heterocycles. The number of aromatic amines is 1. The standard InChI is InChI=1S/C33H19ClF3N7O2/c34-23-3-1-2-20(8-23)28-17-44(43-31(28)45)30(12-39)27-16-41-14-22-7-5-19(10-25(22)27)18-4-6-21-13-40-15-26(24(21)9-18)29(11-38)42-32(46)33(35,36)37/h1-10,13-17,29-30H,(H,42,46)(H,43,45). The molecular formula is C33H19ClF3N7O2. The molecule has 0 aliphatic carbocycles. The first-order chi connectivity index (χ1) is 22.1. The van der Waals surface area contributed by atoms with E-state index in [1.165, 1.54) is 17.1 Å². The molecule has 3 aromatic heterocycles. The Morgan fingerprint density at radius 3 is 2.09 bits per heavy atom. The number of hydrogen-bond donors (Lipinski definition) is 2. The van der Waals surface area contributed by atoms with Crippen molar-refractivity contribution in [3.05, 3.63) is 118 Å². The Morgan fingerprint density at radius 1 is 0.870 bits per heavy atom. The van der Waals surface area contributed by atoms with Gasteiger partial charge in [-0.2, -0.15) is 23.7 Å². The third kappa shape index (κ3) is 5.65. The van der Waals surface area contributed by atoms with Gasteiger partial charge in [0.15, 0.2) is 6.04 Å². The third-order valence-corrected chi connectivity index (χ3v) is 7.70. The van der Waals surface area contributed by atoms with Crippen LogP contribution in [0, 0.1) is 22.7 Å². The van der Waals surface area contributed by atoms with Crippen LogP contribution in [0.15, 0.2) is 96.4 Å². The van der Waals surface area contributed by atoms with E-state index in [0.717, 1.165) is 5.39 Å². The summed E-state index contributed by atoms with van der Waals surface area (Å²) in [6.45, 7) is 0. The van der Waals surface area contributed by atoms with E-state index in [1.807, 2.05) is 18.2 Å². The first-order valence-corrected chi connectivity index (χ1v) is 13.9. The fourth-order valence-electron chi connectivity index (χ4n) is 5.26. The van der Waals surface area contributed by atoms with Gasteiger partial charge in [-0.1, -0.05) is 48.0 Å². The molecular weight excluding hydrogens is 619 g/mol. The van der Waals surface area contributed by atoms with Crippen molar-refractivity contribution in [2.45, 2.75) is 18.3 Å². The maximum atomic E-state index is 12.9. The predicted molar refractivity (Wildman–Crippen MR) is 164 cm³/mol. The van der Waals surface area contributed by atoms with Crippen LogP contribution < -0.4 is 10.9 Å². The molecule has 2 N–H and O–H groups in total. The second kappa shape index (κ2) is 11.8. The Morgan fingerprint density at radius 2 is 1.50 bits per heavy atom. The fraction of sp³-hybridized carbons (Fsp3) is 0.0909. The molecule has 2 atom stereocenters. The Kier molecular flexibility index (Phi) is 7.74. The monoisotopic (exact) mass is 637 g/mol. The number of fused-ring (bicyclic) bond motifs is 2. The van der Waals surface area contributed by atoms with E-state index in [2.05, 4.69) is 21.1 Å². The van der Waals surface area contributed by atoms with Crippen molar-refractivity contribution in [1.82, 2.24) is 25.1 Å². The van der Waals surface area contributed by atoms with Crippen molar-refractivity contribution in [1.29, 1.82) is 10.5 Å². The summed E-state index contributed by atoms with van der Waals surface area (Å²) in [5, 5.41) is 27.1. The van der Waals surface area contributed by atoms with Gasteiger partial charge in [-0.15, -0.1) is 0 Å². The lowest BCUT2D eigenvalue weighted by Crippen LogP contribution is -2.38. The number of amides is 1. The molecule has 0 aliphatic rings. The van der Waals surface area contributed by atoms with Crippen LogP contribution in [0.2, 0.25) is 5.02 Å². The molecule has 0 fully saturated rings. The molecule has 1 amide bonds. The van der Waals surface area contributed by atoms with Gasteiger partial charge in [0.25, 0.3) is 5.56 Å². The van der Waals surface area contributed by atoms with Crippen molar-refractivity contribution in [2.75, 3.05) is 0 Å². The van der Waals surface area contributed by atoms with Crippen LogP contribution in [0.25, 0.3) is 43.8 Å². The van der Waals surface area contributed by atoms with E-state index in [-0.39, 0.29) is 5.56 Å². The first-order valence-electron chi connectivity index (χ1n) is 13.6. The van der Waals surface area contributed by atoms with Crippen molar-refractivity contribution < 1.29 is 18.0 Å². The van der Waals surface area contributed by atoms with Crippen LogP contribution in [0.1, 0.15) is 23.2 Å². The minimum absolute atomic E-state index is 0.0988. The zero-order valence-corrected chi connectivity index (χ0v) is 24.1. The van der Waals surface area contributed by atoms with E-state index in [4.69, 9.17) is 11.6 Å². The number of pyridine rings is 2. The maximum Gasteiger partial charge on any atom is 0.471 e. The quantitative estimate of drug-likeness (QED) is 0.210. The highest BCUT2D eigenvalue weighted by atomic mass is 35.5. The summed E-state index contributed by atoms with van der Waals surface area (Å²) < 4.78 is 40.2. The molecule has 13 heteroatoms. The summed E-state index contributed by atoms with van der Waals surface area (Å²) in [5.74, 6) is -2.24. The Bertz CT molecular complexity index is 2300. The van der Waals surface area contributed by atoms with Gasteiger partial charge in [0.1, 0.15) is 6.04 Å². The number of carbonyl (C=O) groups excluding carboxylic acids is 1. The van der Waals surface area contributed by atoms with Gasteiger partial charge in [-0.05, 0) is 51.7 Å². The van der Waals surface area contributed by atoms with Crippen LogP contribution in [-0.2, 0) is 4.79 Å². The summed E-state index contributed by atoms with van der Waals surface area (Å²) in [6, 6.07) is 18.8. The summed E-state index contributed by atoms with van der Waals surface area (Å²) in [7, 11) is 0. The number of nitrogens with one attached hydrogen (secondary N) is 2. The Balaban J connectivity index is 1.43. The van der Waals surface area contributed by atoms with Crippen LogP contribution in [0.4, 0.5) is 13.2 Å². The van der Waals surface area contributed by atoms with E-state index < -0.39 is 29.7 Å². The number of alkyl halides is 3. The normalized spacial score (nSPS) is 12.7. The summed E-state index contributed by atoms with van der Waals surface area (Å²) in [6.07, 6.45) is 2.31. The summed E-state index contributed by atoms with van der Waals surface area (Å²) in [4.78, 5) is 32.8. The Labute approximate surface area is 263 Å². The lowest BCUT2D eigenvalue weighted by Gasteiger charge is -2.16. The fourth-order valence-corrected chi connectivity index (χ4v) is 5.45. The number of rotatable bonds is 6. The predicted octanol–water partition coefficient (Wildman–Crippen LogP) is 6.62. The summed E-state index contributed by atoms with van der Waals surface area (Å²) in [5.41, 5.74) is 2.46. The first kappa shape index (κ1) is 30.1. The highest BCUT2D eigenvalue weighted by Gasteiger charge is 2.40. The molecule has 46 heavy (non-hydrogen) atoms. The van der Waals surface area contributed by atoms with Gasteiger partial charge >= 0.3 is 12.1 Å².